The molecule has 0 aliphatic rings. The number of nitrogens with zero attached hydrogens (tertiary/aromatic N) is 3. The molecule has 30 heavy (non-hydrogen) atoms. The molecule has 0 aliphatic carbocycles. The molecule has 0 saturated carbocycles. The third-order valence-corrected chi connectivity index (χ3v) is 4.62. The van der Waals surface area contributed by atoms with E-state index in [0.29, 0.717) is 23.6 Å². The Bertz CT molecular complexity index is 978. The highest BCUT2D eigenvalue weighted by molar-refractivity contribution is 5.92. The first-order valence-electron chi connectivity index (χ1n) is 9.68. The van der Waals surface area contributed by atoms with Crippen LogP contribution in [-0.4, -0.2) is 38.6 Å². The van der Waals surface area contributed by atoms with Gasteiger partial charge < -0.3 is 14.1 Å². The first kappa shape index (κ1) is 21.2. The summed E-state index contributed by atoms with van der Waals surface area (Å²) in [5.74, 6) is -0.455. The number of esters is 1. The van der Waals surface area contributed by atoms with E-state index < -0.39 is 17.6 Å². The van der Waals surface area contributed by atoms with E-state index in [2.05, 4.69) is 10.2 Å². The van der Waals surface area contributed by atoms with Crippen LogP contribution >= 0.6 is 0 Å². The van der Waals surface area contributed by atoms with Crippen molar-refractivity contribution in [2.24, 2.45) is 0 Å². The lowest BCUT2D eigenvalue weighted by atomic mass is 10.0. The van der Waals surface area contributed by atoms with Crippen molar-refractivity contribution in [2.45, 2.75) is 45.9 Å². The van der Waals surface area contributed by atoms with Crippen LogP contribution in [0.2, 0.25) is 0 Å². The summed E-state index contributed by atoms with van der Waals surface area (Å²) in [4.78, 5) is 27.4. The maximum Gasteiger partial charge on any atom is 0.338 e. The number of carbonyl (C=O) groups excluding carboxylic acids is 2. The van der Waals surface area contributed by atoms with Gasteiger partial charge in [0.2, 0.25) is 12.3 Å². The van der Waals surface area contributed by atoms with Gasteiger partial charge in [-0.1, -0.05) is 30.3 Å². The van der Waals surface area contributed by atoms with Crippen molar-refractivity contribution in [3.05, 3.63) is 72.1 Å². The minimum atomic E-state index is -0.920. The average molecular weight is 407 g/mol. The molecule has 3 aromatic rings. The van der Waals surface area contributed by atoms with E-state index in [0.717, 1.165) is 5.56 Å². The number of ether oxygens (including phenoxy) is 1. The second-order valence-electron chi connectivity index (χ2n) is 7.95. The van der Waals surface area contributed by atoms with E-state index in [-0.39, 0.29) is 5.91 Å². The third-order valence-electron chi connectivity index (χ3n) is 4.62. The highest BCUT2D eigenvalue weighted by atomic mass is 16.5. The summed E-state index contributed by atoms with van der Waals surface area (Å²) >= 11 is 0. The first-order chi connectivity index (χ1) is 14.3. The molecule has 2 aromatic carbocycles. The summed E-state index contributed by atoms with van der Waals surface area (Å²) < 4.78 is 10.6. The van der Waals surface area contributed by atoms with Crippen molar-refractivity contribution in [1.29, 1.82) is 0 Å². The Morgan fingerprint density at radius 3 is 2.30 bits per heavy atom. The van der Waals surface area contributed by atoms with Crippen LogP contribution in [0.5, 0.6) is 0 Å². The molecule has 0 N–H and O–H groups in total. The predicted octanol–water partition coefficient (Wildman–Crippen LogP) is 4.11. The fraction of sp³-hybridized carbons (Fsp3) is 0.304. The maximum atomic E-state index is 13.1. The second-order valence-corrected chi connectivity index (χ2v) is 7.95. The zero-order chi connectivity index (χ0) is 21.7. The number of hydrogen-bond acceptors (Lipinski definition) is 6. The van der Waals surface area contributed by atoms with Gasteiger partial charge in [0.05, 0.1) is 5.56 Å². The second kappa shape index (κ2) is 8.90. The summed E-state index contributed by atoms with van der Waals surface area (Å²) in [7, 11) is 0. The van der Waals surface area contributed by atoms with Crippen LogP contribution in [0.3, 0.4) is 0 Å². The Balaban J connectivity index is 1.68. The molecule has 7 heteroatoms. The molecule has 1 atom stereocenters. The van der Waals surface area contributed by atoms with Crippen LogP contribution in [0.15, 0.2) is 65.4 Å². The minimum absolute atomic E-state index is 0.248. The van der Waals surface area contributed by atoms with Crippen molar-refractivity contribution < 1.29 is 18.7 Å². The molecule has 0 bridgehead atoms. The Kier molecular flexibility index (Phi) is 6.30. The lowest BCUT2D eigenvalue weighted by molar-refractivity contribution is -0.145. The van der Waals surface area contributed by atoms with Crippen LogP contribution < -0.4 is 0 Å². The molecule has 0 saturated heterocycles. The normalized spacial score (nSPS) is 12.3. The Hall–Kier alpha value is -3.48. The number of aromatic nitrogens is 2. The van der Waals surface area contributed by atoms with Gasteiger partial charge in [0.25, 0.3) is 5.91 Å². The van der Waals surface area contributed by atoms with Gasteiger partial charge >= 0.3 is 5.97 Å². The van der Waals surface area contributed by atoms with Gasteiger partial charge in [0.1, 0.15) is 0 Å². The van der Waals surface area contributed by atoms with E-state index in [1.54, 1.807) is 36.1 Å². The van der Waals surface area contributed by atoms with E-state index in [9.17, 15) is 9.59 Å². The van der Waals surface area contributed by atoms with Crippen LogP contribution in [0, 0.1) is 0 Å². The Morgan fingerprint density at radius 1 is 1.07 bits per heavy atom. The molecule has 156 valence electrons. The molecule has 0 unspecified atom stereocenters. The van der Waals surface area contributed by atoms with Crippen LogP contribution in [0.25, 0.3) is 11.5 Å². The largest absolute Gasteiger partial charge is 0.449 e. The Labute approximate surface area is 175 Å². The third kappa shape index (κ3) is 5.11. The smallest absolute Gasteiger partial charge is 0.338 e. The van der Waals surface area contributed by atoms with Gasteiger partial charge in [-0.2, -0.15) is 0 Å². The lowest BCUT2D eigenvalue weighted by Gasteiger charge is -2.37. The number of rotatable bonds is 6. The summed E-state index contributed by atoms with van der Waals surface area (Å²) in [6.07, 6.45) is 0.317. The summed E-state index contributed by atoms with van der Waals surface area (Å²) in [6.45, 7) is 7.90. The van der Waals surface area contributed by atoms with Gasteiger partial charge in [0, 0.05) is 17.6 Å². The topological polar surface area (TPSA) is 85.5 Å². The van der Waals surface area contributed by atoms with Crippen molar-refractivity contribution in [1.82, 2.24) is 15.1 Å². The van der Waals surface area contributed by atoms with Gasteiger partial charge in [-0.3, -0.25) is 4.79 Å². The van der Waals surface area contributed by atoms with Crippen LogP contribution in [0.4, 0.5) is 0 Å². The number of hydrogen-bond donors (Lipinski definition) is 0. The van der Waals surface area contributed by atoms with Gasteiger partial charge in [-0.15, -0.1) is 10.2 Å². The number of carbonyl (C=O) groups is 2. The van der Waals surface area contributed by atoms with Crippen molar-refractivity contribution >= 4 is 11.9 Å². The maximum absolute atomic E-state index is 13.1. The van der Waals surface area contributed by atoms with Crippen molar-refractivity contribution in [3.63, 3.8) is 0 Å². The quantitative estimate of drug-likeness (QED) is 0.572. The molecule has 0 radical (unpaired) electrons. The predicted molar refractivity (Wildman–Crippen MR) is 111 cm³/mol. The molecule has 0 aliphatic heterocycles. The van der Waals surface area contributed by atoms with Crippen LogP contribution in [-0.2, 0) is 16.1 Å². The minimum Gasteiger partial charge on any atom is -0.449 e. The van der Waals surface area contributed by atoms with Crippen molar-refractivity contribution in [3.8, 4) is 11.5 Å². The summed E-state index contributed by atoms with van der Waals surface area (Å²) in [6, 6.07) is 16.3. The molecule has 0 fully saturated rings. The number of amides is 1. The zero-order valence-corrected chi connectivity index (χ0v) is 17.5. The molecule has 1 aromatic heterocycles. The van der Waals surface area contributed by atoms with Gasteiger partial charge in [0.15, 0.2) is 6.10 Å². The molecule has 0 spiro atoms. The Morgan fingerprint density at radius 2 is 1.73 bits per heavy atom. The molecule has 3 rings (SSSR count). The zero-order valence-electron chi connectivity index (χ0n) is 17.5. The van der Waals surface area contributed by atoms with E-state index in [4.69, 9.17) is 9.15 Å². The number of benzene rings is 2. The van der Waals surface area contributed by atoms with Crippen molar-refractivity contribution in [2.75, 3.05) is 0 Å². The SMILES string of the molecule is C[C@H](OC(=O)c1ccc(-c2nnco2)cc1)C(=O)N(Cc1ccccc1)C(C)(C)C. The average Bonchev–Trinajstić information content (AvgIpc) is 3.26. The fourth-order valence-electron chi connectivity index (χ4n) is 2.96. The molecule has 7 nitrogen and oxygen atoms in total. The highest BCUT2D eigenvalue weighted by Gasteiger charge is 2.32. The fourth-order valence-corrected chi connectivity index (χ4v) is 2.96. The highest BCUT2D eigenvalue weighted by Crippen LogP contribution is 2.21. The summed E-state index contributed by atoms with van der Waals surface area (Å²) in [5.41, 5.74) is 1.61. The van der Waals surface area contributed by atoms with E-state index in [1.807, 2.05) is 51.1 Å². The molecule has 1 heterocycles. The standard InChI is InChI=1S/C23H25N3O4/c1-16(21(27)26(23(2,3)4)14-17-8-6-5-7-9-17)30-22(28)19-12-10-18(11-13-19)20-25-24-15-29-20/h5-13,15-16H,14H2,1-4H3/t16-/m0/s1. The van der Waals surface area contributed by atoms with Crippen LogP contribution in [0.1, 0.15) is 43.6 Å². The molecule has 1 amide bonds. The first-order valence-corrected chi connectivity index (χ1v) is 9.68. The van der Waals surface area contributed by atoms with E-state index >= 15 is 0 Å². The molecular weight excluding hydrogens is 382 g/mol. The van der Waals surface area contributed by atoms with E-state index in [1.165, 1.54) is 6.39 Å². The molecular formula is C23H25N3O4. The van der Waals surface area contributed by atoms with Gasteiger partial charge in [-0.05, 0) is 57.5 Å². The lowest BCUT2D eigenvalue weighted by Crippen LogP contribution is -2.49. The summed E-state index contributed by atoms with van der Waals surface area (Å²) in [5, 5.41) is 7.46. The monoisotopic (exact) mass is 407 g/mol. The van der Waals surface area contributed by atoms with Gasteiger partial charge in [-0.25, -0.2) is 4.79 Å².